The zero-order valence-corrected chi connectivity index (χ0v) is 16.9. The van der Waals surface area contributed by atoms with Crippen LogP contribution in [0.15, 0.2) is 39.9 Å². The van der Waals surface area contributed by atoms with Crippen LogP contribution in [0.25, 0.3) is 0 Å². The van der Waals surface area contributed by atoms with E-state index in [2.05, 4.69) is 5.32 Å². The average molecular weight is 393 g/mol. The number of carbonyl (C=O) groups excluding carboxylic acids is 1. The first kappa shape index (κ1) is 19.1. The highest BCUT2D eigenvalue weighted by Crippen LogP contribution is 2.29. The zero-order chi connectivity index (χ0) is 18.9. The Kier molecular flexibility index (Phi) is 5.23. The molecular formula is C19H24N2O3S2. The maximum Gasteiger partial charge on any atom is 0.252 e. The van der Waals surface area contributed by atoms with Crippen molar-refractivity contribution < 1.29 is 13.2 Å². The second-order valence-corrected chi connectivity index (χ2v) is 10.9. The van der Waals surface area contributed by atoms with E-state index in [0.717, 1.165) is 11.1 Å². The Morgan fingerprint density at radius 2 is 2.00 bits per heavy atom. The van der Waals surface area contributed by atoms with Crippen LogP contribution in [-0.4, -0.2) is 25.2 Å². The number of benzene rings is 1. The summed E-state index contributed by atoms with van der Waals surface area (Å²) >= 11 is 1.23. The van der Waals surface area contributed by atoms with E-state index in [1.165, 1.54) is 15.6 Å². The molecule has 3 rings (SSSR count). The molecule has 26 heavy (non-hydrogen) atoms. The number of hydrogen-bond donors (Lipinski definition) is 1. The van der Waals surface area contributed by atoms with Crippen molar-refractivity contribution in [3.63, 3.8) is 0 Å². The van der Waals surface area contributed by atoms with Crippen LogP contribution in [0.4, 0.5) is 5.69 Å². The minimum atomic E-state index is -3.46. The van der Waals surface area contributed by atoms with Crippen molar-refractivity contribution in [3.05, 3.63) is 46.8 Å². The monoisotopic (exact) mass is 392 g/mol. The molecule has 1 aliphatic heterocycles. The van der Waals surface area contributed by atoms with Gasteiger partial charge in [0.25, 0.3) is 10.0 Å². The van der Waals surface area contributed by atoms with Crippen molar-refractivity contribution in [3.8, 4) is 0 Å². The summed E-state index contributed by atoms with van der Waals surface area (Å²) in [7, 11) is -3.46. The molecule has 140 valence electrons. The molecule has 5 nitrogen and oxygen atoms in total. The van der Waals surface area contributed by atoms with Crippen molar-refractivity contribution in [2.45, 2.75) is 44.4 Å². The van der Waals surface area contributed by atoms with E-state index in [9.17, 15) is 13.2 Å². The maximum atomic E-state index is 12.7. The fourth-order valence-electron chi connectivity index (χ4n) is 3.04. The van der Waals surface area contributed by atoms with Gasteiger partial charge in [-0.1, -0.05) is 32.9 Å². The third-order valence-corrected chi connectivity index (χ3v) is 7.47. The first-order chi connectivity index (χ1) is 12.1. The van der Waals surface area contributed by atoms with Crippen LogP contribution in [0, 0.1) is 5.41 Å². The number of thiophene rings is 1. The van der Waals surface area contributed by atoms with Gasteiger partial charge in [-0.2, -0.15) is 4.31 Å². The molecule has 1 aliphatic rings. The van der Waals surface area contributed by atoms with Crippen molar-refractivity contribution in [1.82, 2.24) is 4.31 Å². The smallest absolute Gasteiger partial charge is 0.252 e. The number of rotatable bonds is 4. The molecule has 7 heteroatoms. The first-order valence-corrected chi connectivity index (χ1v) is 10.9. The number of nitrogens with one attached hydrogen (secondary N) is 1. The van der Waals surface area contributed by atoms with Crippen LogP contribution < -0.4 is 5.32 Å². The van der Waals surface area contributed by atoms with E-state index in [1.54, 1.807) is 17.5 Å². The summed E-state index contributed by atoms with van der Waals surface area (Å²) in [5, 5.41) is 4.70. The molecule has 1 N–H and O–H groups in total. The molecular weight excluding hydrogens is 368 g/mol. The highest BCUT2D eigenvalue weighted by Gasteiger charge is 2.29. The number of nitrogens with zero attached hydrogens (tertiary/aromatic N) is 1. The molecule has 1 amide bonds. The van der Waals surface area contributed by atoms with Gasteiger partial charge in [-0.3, -0.25) is 4.79 Å². The Balaban J connectivity index is 1.77. The minimum absolute atomic E-state index is 0.0312. The van der Waals surface area contributed by atoms with Gasteiger partial charge in [-0.25, -0.2) is 8.42 Å². The molecule has 1 aromatic heterocycles. The Bertz CT molecular complexity index is 897. The van der Waals surface area contributed by atoms with Crippen LogP contribution >= 0.6 is 11.3 Å². The number of carbonyl (C=O) groups is 1. The van der Waals surface area contributed by atoms with Crippen LogP contribution in [0.3, 0.4) is 0 Å². The summed E-state index contributed by atoms with van der Waals surface area (Å²) in [6.45, 7) is 6.87. The Labute approximate surface area is 159 Å². The van der Waals surface area contributed by atoms with Crippen LogP contribution in [0.1, 0.15) is 38.3 Å². The van der Waals surface area contributed by atoms with E-state index in [4.69, 9.17) is 0 Å². The molecule has 2 aromatic rings. The van der Waals surface area contributed by atoms with Crippen LogP contribution in [0.5, 0.6) is 0 Å². The normalized spacial score (nSPS) is 15.5. The number of hydrogen-bond acceptors (Lipinski definition) is 4. The summed E-state index contributed by atoms with van der Waals surface area (Å²) in [5.41, 5.74) is 2.72. The molecule has 0 radical (unpaired) electrons. The zero-order valence-electron chi connectivity index (χ0n) is 15.3. The summed E-state index contributed by atoms with van der Waals surface area (Å²) in [6.07, 6.45) is 1.11. The van der Waals surface area contributed by atoms with Crippen molar-refractivity contribution in [2.75, 3.05) is 11.9 Å². The van der Waals surface area contributed by atoms with Gasteiger partial charge in [-0.15, -0.1) is 11.3 Å². The summed E-state index contributed by atoms with van der Waals surface area (Å²) in [6, 6.07) is 9.16. The van der Waals surface area contributed by atoms with E-state index in [0.29, 0.717) is 35.8 Å². The third kappa shape index (κ3) is 4.34. The maximum absolute atomic E-state index is 12.7. The second-order valence-electron chi connectivity index (χ2n) is 7.79. The number of fused-ring (bicyclic) bond motifs is 1. The molecule has 0 fully saturated rings. The largest absolute Gasteiger partial charge is 0.326 e. The average Bonchev–Trinajstić information content (AvgIpc) is 3.07. The molecule has 1 aromatic carbocycles. The predicted octanol–water partition coefficient (Wildman–Crippen LogP) is 3.87. The van der Waals surface area contributed by atoms with Gasteiger partial charge in [0.1, 0.15) is 4.21 Å². The quantitative estimate of drug-likeness (QED) is 0.859. The topological polar surface area (TPSA) is 66.5 Å². The molecule has 0 spiro atoms. The number of amides is 1. The van der Waals surface area contributed by atoms with Gasteiger partial charge in [-0.05, 0) is 46.5 Å². The lowest BCUT2D eigenvalue weighted by molar-refractivity contribution is -0.117. The molecule has 0 unspecified atom stereocenters. The van der Waals surface area contributed by atoms with Gasteiger partial charge in [0.2, 0.25) is 5.91 Å². The predicted molar refractivity (Wildman–Crippen MR) is 105 cm³/mol. The SMILES string of the molecule is CC(C)(C)CC(=O)Nc1ccc2c(c1)CN(S(=O)(=O)c1cccs1)CC2. The molecule has 0 atom stereocenters. The fourth-order valence-corrected chi connectivity index (χ4v) is 5.60. The van der Waals surface area contributed by atoms with E-state index in [1.807, 2.05) is 39.0 Å². The van der Waals surface area contributed by atoms with E-state index in [-0.39, 0.29) is 11.3 Å². The van der Waals surface area contributed by atoms with E-state index < -0.39 is 10.0 Å². The van der Waals surface area contributed by atoms with Gasteiger partial charge in [0.05, 0.1) is 0 Å². The van der Waals surface area contributed by atoms with Crippen LogP contribution in [0.2, 0.25) is 0 Å². The van der Waals surface area contributed by atoms with Gasteiger partial charge in [0, 0.05) is 25.2 Å². The third-order valence-electron chi connectivity index (χ3n) is 4.25. The fraction of sp³-hybridized carbons (Fsp3) is 0.421. The Hall–Kier alpha value is -1.70. The highest BCUT2D eigenvalue weighted by atomic mass is 32.2. The van der Waals surface area contributed by atoms with Gasteiger partial charge >= 0.3 is 0 Å². The van der Waals surface area contributed by atoms with Crippen molar-refractivity contribution in [1.29, 1.82) is 0 Å². The van der Waals surface area contributed by atoms with Gasteiger partial charge < -0.3 is 5.32 Å². The number of sulfonamides is 1. The van der Waals surface area contributed by atoms with E-state index >= 15 is 0 Å². The first-order valence-electron chi connectivity index (χ1n) is 8.60. The lowest BCUT2D eigenvalue weighted by atomic mass is 9.92. The molecule has 2 heterocycles. The van der Waals surface area contributed by atoms with Crippen LogP contribution in [-0.2, 0) is 27.8 Å². The molecule has 0 aliphatic carbocycles. The lowest BCUT2D eigenvalue weighted by Gasteiger charge is -2.28. The summed E-state index contributed by atoms with van der Waals surface area (Å²) < 4.78 is 27.4. The highest BCUT2D eigenvalue weighted by molar-refractivity contribution is 7.91. The Morgan fingerprint density at radius 1 is 1.23 bits per heavy atom. The van der Waals surface area contributed by atoms with Gasteiger partial charge in [0.15, 0.2) is 0 Å². The Morgan fingerprint density at radius 3 is 2.65 bits per heavy atom. The van der Waals surface area contributed by atoms with Crippen molar-refractivity contribution in [2.24, 2.45) is 5.41 Å². The summed E-state index contributed by atoms with van der Waals surface area (Å²) in [4.78, 5) is 12.2. The second kappa shape index (κ2) is 7.13. The summed E-state index contributed by atoms with van der Waals surface area (Å²) in [5.74, 6) is -0.0312. The molecule has 0 bridgehead atoms. The number of anilines is 1. The standard InChI is InChI=1S/C19H24N2O3S2/c1-19(2,3)12-17(22)20-16-7-6-14-8-9-21(13-15(14)11-16)26(23,24)18-5-4-10-25-18/h4-7,10-11H,8-9,12-13H2,1-3H3,(H,20,22). The van der Waals surface area contributed by atoms with Crippen molar-refractivity contribution >= 4 is 33.0 Å². The molecule has 0 saturated carbocycles. The minimum Gasteiger partial charge on any atom is -0.326 e. The molecule has 0 saturated heterocycles. The lowest BCUT2D eigenvalue weighted by Crippen LogP contribution is -2.35.